The number of carboxylic acids is 1. The maximum atomic E-state index is 11.1. The number of hydrogen-bond acceptors (Lipinski definition) is 5. The van der Waals surface area contributed by atoms with Crippen LogP contribution in [0.4, 0.5) is 5.82 Å². The van der Waals surface area contributed by atoms with Crippen molar-refractivity contribution in [1.29, 1.82) is 0 Å². The molecule has 6 heteroatoms. The Labute approximate surface area is 147 Å². The average molecular weight is 342 g/mol. The first-order chi connectivity index (χ1) is 12.2. The Bertz CT molecular complexity index is 735. The zero-order valence-electron chi connectivity index (χ0n) is 14.2. The highest BCUT2D eigenvalue weighted by molar-refractivity contribution is 5.85. The lowest BCUT2D eigenvalue weighted by atomic mass is 9.99. The van der Waals surface area contributed by atoms with Crippen LogP contribution >= 0.6 is 0 Å². The molecule has 1 N–H and O–H groups in total. The van der Waals surface area contributed by atoms with Crippen molar-refractivity contribution in [2.45, 2.75) is 12.8 Å². The molecule has 3 rings (SSSR count). The second-order valence-electron chi connectivity index (χ2n) is 6.13. The fourth-order valence-electron chi connectivity index (χ4n) is 3.03. The second kappa shape index (κ2) is 7.88. The molecule has 6 nitrogen and oxygen atoms in total. The second-order valence-corrected chi connectivity index (χ2v) is 6.13. The van der Waals surface area contributed by atoms with Crippen molar-refractivity contribution in [2.75, 3.05) is 31.7 Å². The number of anilines is 1. The number of ether oxygens (including phenoxy) is 2. The molecule has 2 heterocycles. The van der Waals surface area contributed by atoms with E-state index in [9.17, 15) is 4.79 Å². The van der Waals surface area contributed by atoms with E-state index in [4.69, 9.17) is 14.6 Å². The smallest absolute Gasteiger partial charge is 0.354 e. The molecule has 2 aromatic rings. The van der Waals surface area contributed by atoms with E-state index in [-0.39, 0.29) is 5.69 Å². The van der Waals surface area contributed by atoms with Gasteiger partial charge < -0.3 is 19.5 Å². The van der Waals surface area contributed by atoms with Crippen molar-refractivity contribution in [2.24, 2.45) is 5.92 Å². The summed E-state index contributed by atoms with van der Waals surface area (Å²) < 4.78 is 11.1. The fourth-order valence-corrected chi connectivity index (χ4v) is 3.03. The number of carboxylic acid groups (broad SMARTS) is 1. The van der Waals surface area contributed by atoms with Gasteiger partial charge in [-0.25, -0.2) is 9.78 Å². The molecule has 1 aromatic carbocycles. The number of nitrogens with zero attached hydrogens (tertiary/aromatic N) is 2. The Morgan fingerprint density at radius 3 is 2.88 bits per heavy atom. The third kappa shape index (κ3) is 4.41. The molecule has 0 saturated carbocycles. The average Bonchev–Trinajstić information content (AvgIpc) is 2.67. The van der Waals surface area contributed by atoms with Gasteiger partial charge in [-0.3, -0.25) is 0 Å². The zero-order chi connectivity index (χ0) is 17.6. The van der Waals surface area contributed by atoms with Crippen LogP contribution in [-0.4, -0.2) is 42.9 Å². The molecule has 1 fully saturated rings. The van der Waals surface area contributed by atoms with Crippen molar-refractivity contribution in [3.05, 3.63) is 48.2 Å². The van der Waals surface area contributed by atoms with E-state index in [1.807, 2.05) is 30.3 Å². The summed E-state index contributed by atoms with van der Waals surface area (Å²) in [5.74, 6) is 1.65. The quantitative estimate of drug-likeness (QED) is 0.870. The maximum absolute atomic E-state index is 11.1. The van der Waals surface area contributed by atoms with E-state index in [1.54, 1.807) is 13.2 Å². The number of aromatic carboxylic acids is 1. The lowest BCUT2D eigenvalue weighted by Crippen LogP contribution is -2.38. The standard InChI is InChI=1S/C19H22N2O4/c1-24-15-6-2-7-16(11-15)25-13-14-5-4-10-21(12-14)18-9-3-8-17(20-18)19(22)23/h2-3,6-9,11,14H,4-5,10,12-13H2,1H3,(H,22,23). The third-order valence-corrected chi connectivity index (χ3v) is 4.32. The van der Waals surface area contributed by atoms with Crippen LogP contribution in [0.25, 0.3) is 0 Å². The summed E-state index contributed by atoms with van der Waals surface area (Å²) in [4.78, 5) is 17.5. The number of methoxy groups -OCH3 is 1. The van der Waals surface area contributed by atoms with Gasteiger partial charge in [-0.2, -0.15) is 0 Å². The van der Waals surface area contributed by atoms with Crippen LogP contribution in [-0.2, 0) is 0 Å². The van der Waals surface area contributed by atoms with Crippen LogP contribution < -0.4 is 14.4 Å². The monoisotopic (exact) mass is 342 g/mol. The van der Waals surface area contributed by atoms with E-state index in [2.05, 4.69) is 9.88 Å². The van der Waals surface area contributed by atoms with Gasteiger partial charge in [0.2, 0.25) is 0 Å². The van der Waals surface area contributed by atoms with Crippen LogP contribution in [0, 0.1) is 5.92 Å². The summed E-state index contributed by atoms with van der Waals surface area (Å²) in [6, 6.07) is 12.7. The van der Waals surface area contributed by atoms with Crippen LogP contribution in [0.1, 0.15) is 23.3 Å². The predicted octanol–water partition coefficient (Wildman–Crippen LogP) is 3.08. The number of piperidine rings is 1. The normalized spacial score (nSPS) is 17.2. The molecule has 25 heavy (non-hydrogen) atoms. The Morgan fingerprint density at radius 2 is 2.08 bits per heavy atom. The number of pyridine rings is 1. The number of aromatic nitrogens is 1. The minimum Gasteiger partial charge on any atom is -0.497 e. The summed E-state index contributed by atoms with van der Waals surface area (Å²) in [5.41, 5.74) is 0.0762. The molecule has 1 atom stereocenters. The highest BCUT2D eigenvalue weighted by atomic mass is 16.5. The molecular weight excluding hydrogens is 320 g/mol. The van der Waals surface area contributed by atoms with E-state index in [1.165, 1.54) is 6.07 Å². The lowest BCUT2D eigenvalue weighted by Gasteiger charge is -2.33. The topological polar surface area (TPSA) is 71.9 Å². The SMILES string of the molecule is COc1cccc(OCC2CCCN(c3cccc(C(=O)O)n3)C2)c1. The predicted molar refractivity (Wildman–Crippen MR) is 94.6 cm³/mol. The minimum atomic E-state index is -1.00. The van der Waals surface area contributed by atoms with E-state index in [0.717, 1.165) is 37.4 Å². The van der Waals surface area contributed by atoms with Crippen molar-refractivity contribution < 1.29 is 19.4 Å². The molecule has 1 aliphatic heterocycles. The first kappa shape index (κ1) is 17.1. The molecule has 0 aliphatic carbocycles. The maximum Gasteiger partial charge on any atom is 0.354 e. The van der Waals surface area contributed by atoms with Gasteiger partial charge in [0.1, 0.15) is 17.3 Å². The number of rotatable bonds is 6. The van der Waals surface area contributed by atoms with Gasteiger partial charge in [0.25, 0.3) is 0 Å². The van der Waals surface area contributed by atoms with Gasteiger partial charge in [0.15, 0.2) is 5.69 Å². The van der Waals surface area contributed by atoms with Gasteiger partial charge in [-0.1, -0.05) is 12.1 Å². The highest BCUT2D eigenvalue weighted by Crippen LogP contribution is 2.24. The van der Waals surface area contributed by atoms with E-state index >= 15 is 0 Å². The van der Waals surface area contributed by atoms with Crippen LogP contribution in [0.5, 0.6) is 11.5 Å². The van der Waals surface area contributed by atoms with Gasteiger partial charge in [-0.15, -0.1) is 0 Å². The van der Waals surface area contributed by atoms with Crippen molar-refractivity contribution in [3.63, 3.8) is 0 Å². The molecular formula is C19H22N2O4. The van der Waals surface area contributed by atoms with E-state index in [0.29, 0.717) is 18.3 Å². The summed E-state index contributed by atoms with van der Waals surface area (Å²) in [7, 11) is 1.64. The Kier molecular flexibility index (Phi) is 5.38. The summed E-state index contributed by atoms with van der Waals surface area (Å²) in [6.07, 6.45) is 2.12. The number of hydrogen-bond donors (Lipinski definition) is 1. The molecule has 1 aliphatic rings. The first-order valence-electron chi connectivity index (χ1n) is 8.38. The number of benzene rings is 1. The molecule has 0 amide bonds. The molecule has 0 bridgehead atoms. The van der Waals surface area contributed by atoms with Gasteiger partial charge in [-0.05, 0) is 37.1 Å². The van der Waals surface area contributed by atoms with Crippen molar-refractivity contribution >= 4 is 11.8 Å². The zero-order valence-corrected chi connectivity index (χ0v) is 14.2. The van der Waals surface area contributed by atoms with E-state index < -0.39 is 5.97 Å². The van der Waals surface area contributed by atoms with Crippen molar-refractivity contribution in [3.8, 4) is 11.5 Å². The molecule has 132 valence electrons. The fraction of sp³-hybridized carbons (Fsp3) is 0.368. The molecule has 1 saturated heterocycles. The summed E-state index contributed by atoms with van der Waals surface area (Å²) in [6.45, 7) is 2.30. The lowest BCUT2D eigenvalue weighted by molar-refractivity contribution is 0.0690. The van der Waals surface area contributed by atoms with Crippen molar-refractivity contribution in [1.82, 2.24) is 4.98 Å². The van der Waals surface area contributed by atoms with Gasteiger partial charge in [0, 0.05) is 25.1 Å². The third-order valence-electron chi connectivity index (χ3n) is 4.32. The van der Waals surface area contributed by atoms with Crippen LogP contribution in [0.15, 0.2) is 42.5 Å². The molecule has 0 radical (unpaired) electrons. The minimum absolute atomic E-state index is 0.0762. The Hall–Kier alpha value is -2.76. The van der Waals surface area contributed by atoms with Crippen LogP contribution in [0.2, 0.25) is 0 Å². The number of carbonyl (C=O) groups is 1. The first-order valence-corrected chi connectivity index (χ1v) is 8.38. The molecule has 1 aromatic heterocycles. The largest absolute Gasteiger partial charge is 0.497 e. The van der Waals surface area contributed by atoms with Crippen LogP contribution in [0.3, 0.4) is 0 Å². The molecule has 0 spiro atoms. The Balaban J connectivity index is 1.61. The molecule has 1 unspecified atom stereocenters. The Morgan fingerprint density at radius 1 is 1.28 bits per heavy atom. The summed E-state index contributed by atoms with van der Waals surface area (Å²) in [5, 5.41) is 9.10. The highest BCUT2D eigenvalue weighted by Gasteiger charge is 2.22. The van der Waals surface area contributed by atoms with Gasteiger partial charge in [0.05, 0.1) is 13.7 Å². The summed E-state index contributed by atoms with van der Waals surface area (Å²) >= 11 is 0. The van der Waals surface area contributed by atoms with Gasteiger partial charge >= 0.3 is 5.97 Å².